The third-order valence-electron chi connectivity index (χ3n) is 2.58. The van der Waals surface area contributed by atoms with Gasteiger partial charge in [-0.15, -0.1) is 0 Å². The van der Waals surface area contributed by atoms with Crippen LogP contribution in [-0.2, 0) is 14.8 Å². The molecule has 0 aromatic carbocycles. The van der Waals surface area contributed by atoms with Crippen LogP contribution < -0.4 is 10.5 Å². The zero-order chi connectivity index (χ0) is 12.2. The predicted molar refractivity (Wildman–Crippen MR) is 63.6 cm³/mol. The van der Waals surface area contributed by atoms with Crippen LogP contribution in [0.15, 0.2) is 0 Å². The first-order valence-electron chi connectivity index (χ1n) is 5.76. The molecule has 0 amide bonds. The van der Waals surface area contributed by atoms with Crippen LogP contribution in [0.3, 0.4) is 0 Å². The highest BCUT2D eigenvalue weighted by Gasteiger charge is 2.32. The van der Waals surface area contributed by atoms with Gasteiger partial charge in [-0.2, -0.15) is 0 Å². The minimum Gasteiger partial charge on any atom is -0.378 e. The van der Waals surface area contributed by atoms with Crippen molar-refractivity contribution >= 4 is 10.0 Å². The van der Waals surface area contributed by atoms with E-state index >= 15 is 0 Å². The minimum absolute atomic E-state index is 0.00833. The van der Waals surface area contributed by atoms with Crippen LogP contribution in [-0.4, -0.2) is 39.5 Å². The van der Waals surface area contributed by atoms with E-state index in [4.69, 9.17) is 10.5 Å². The van der Waals surface area contributed by atoms with Crippen LogP contribution in [0.5, 0.6) is 0 Å². The lowest BCUT2D eigenvalue weighted by Gasteiger charge is -2.16. The Kier molecular flexibility index (Phi) is 5.17. The Labute approximate surface area is 97.8 Å². The van der Waals surface area contributed by atoms with Crippen molar-refractivity contribution in [1.29, 1.82) is 0 Å². The highest BCUT2D eigenvalue weighted by atomic mass is 32.2. The first-order valence-corrected chi connectivity index (χ1v) is 7.41. The van der Waals surface area contributed by atoms with E-state index in [0.29, 0.717) is 12.5 Å². The molecule has 1 unspecified atom stereocenters. The molecule has 1 rings (SSSR count). The third kappa shape index (κ3) is 5.25. The molecule has 0 spiro atoms. The van der Waals surface area contributed by atoms with Crippen molar-refractivity contribution in [2.75, 3.05) is 18.9 Å². The molecule has 1 saturated carbocycles. The Hall–Kier alpha value is -0.170. The number of hydrogen-bond acceptors (Lipinski definition) is 4. The summed E-state index contributed by atoms with van der Waals surface area (Å²) < 4.78 is 31.2. The Balaban J connectivity index is 2.32. The van der Waals surface area contributed by atoms with Gasteiger partial charge in [0.25, 0.3) is 0 Å². The van der Waals surface area contributed by atoms with Crippen molar-refractivity contribution in [2.45, 2.75) is 38.8 Å². The van der Waals surface area contributed by atoms with Gasteiger partial charge in [0.05, 0.1) is 18.5 Å². The number of hydrogen-bond donors (Lipinski definition) is 2. The fourth-order valence-corrected chi connectivity index (χ4v) is 2.70. The zero-order valence-electron chi connectivity index (χ0n) is 9.98. The average Bonchev–Trinajstić information content (AvgIpc) is 2.96. The Morgan fingerprint density at radius 3 is 2.50 bits per heavy atom. The topological polar surface area (TPSA) is 81.4 Å². The van der Waals surface area contributed by atoms with Gasteiger partial charge in [-0.25, -0.2) is 13.1 Å². The van der Waals surface area contributed by atoms with Gasteiger partial charge < -0.3 is 10.5 Å². The highest BCUT2D eigenvalue weighted by Crippen LogP contribution is 2.32. The summed E-state index contributed by atoms with van der Waals surface area (Å²) in [6.07, 6.45) is 2.21. The molecular formula is C10H22N2O3S. The maximum atomic E-state index is 11.7. The van der Waals surface area contributed by atoms with E-state index in [9.17, 15) is 8.42 Å². The molecule has 96 valence electrons. The Morgan fingerprint density at radius 2 is 2.06 bits per heavy atom. The largest absolute Gasteiger partial charge is 0.378 e. The summed E-state index contributed by atoms with van der Waals surface area (Å²) in [7, 11) is -3.25. The SMILES string of the molecule is CC(C)OCCS(=O)(=O)NC(CN)C1CC1. The summed E-state index contributed by atoms with van der Waals surface area (Å²) >= 11 is 0. The van der Waals surface area contributed by atoms with Crippen molar-refractivity contribution in [1.82, 2.24) is 4.72 Å². The lowest BCUT2D eigenvalue weighted by atomic mass is 10.2. The third-order valence-corrected chi connectivity index (χ3v) is 3.95. The summed E-state index contributed by atoms with van der Waals surface area (Å²) in [4.78, 5) is 0. The van der Waals surface area contributed by atoms with Gasteiger partial charge in [-0.1, -0.05) is 0 Å². The minimum atomic E-state index is -3.25. The lowest BCUT2D eigenvalue weighted by Crippen LogP contribution is -2.43. The van der Waals surface area contributed by atoms with Gasteiger partial charge in [0.15, 0.2) is 0 Å². The lowest BCUT2D eigenvalue weighted by molar-refractivity contribution is 0.0911. The molecule has 3 N–H and O–H groups in total. The number of nitrogens with one attached hydrogen (secondary N) is 1. The monoisotopic (exact) mass is 250 g/mol. The molecule has 16 heavy (non-hydrogen) atoms. The summed E-state index contributed by atoms with van der Waals surface area (Å²) in [6, 6.07) is -0.0935. The van der Waals surface area contributed by atoms with E-state index < -0.39 is 10.0 Å². The van der Waals surface area contributed by atoms with Gasteiger partial charge in [-0.05, 0) is 32.6 Å². The molecule has 0 heterocycles. The summed E-state index contributed by atoms with van der Waals surface area (Å²) in [6.45, 7) is 4.36. The Morgan fingerprint density at radius 1 is 1.44 bits per heavy atom. The molecule has 0 aromatic rings. The van der Waals surface area contributed by atoms with E-state index in [1.165, 1.54) is 0 Å². The van der Waals surface area contributed by atoms with E-state index in [2.05, 4.69) is 4.72 Å². The van der Waals surface area contributed by atoms with Crippen molar-refractivity contribution in [3.63, 3.8) is 0 Å². The molecule has 0 saturated heterocycles. The summed E-state index contributed by atoms with van der Waals surface area (Å²) in [5.74, 6) is 0.444. The van der Waals surface area contributed by atoms with E-state index in [0.717, 1.165) is 12.8 Å². The van der Waals surface area contributed by atoms with Gasteiger partial charge in [0, 0.05) is 12.6 Å². The molecule has 5 nitrogen and oxygen atoms in total. The van der Waals surface area contributed by atoms with Crippen molar-refractivity contribution < 1.29 is 13.2 Å². The molecule has 6 heteroatoms. The first kappa shape index (κ1) is 13.9. The van der Waals surface area contributed by atoms with Crippen molar-refractivity contribution in [2.24, 2.45) is 11.7 Å². The average molecular weight is 250 g/mol. The molecule has 0 aromatic heterocycles. The van der Waals surface area contributed by atoms with Crippen LogP contribution in [0.25, 0.3) is 0 Å². The second-order valence-electron chi connectivity index (χ2n) is 4.54. The molecule has 1 aliphatic carbocycles. The Bertz CT molecular complexity index is 299. The number of ether oxygens (including phenoxy) is 1. The van der Waals surface area contributed by atoms with Crippen molar-refractivity contribution in [3.05, 3.63) is 0 Å². The molecule has 1 aliphatic rings. The van der Waals surface area contributed by atoms with Gasteiger partial charge in [-0.3, -0.25) is 0 Å². The number of rotatable bonds is 8. The van der Waals surface area contributed by atoms with E-state index in [1.807, 2.05) is 13.8 Å². The van der Waals surface area contributed by atoms with Crippen molar-refractivity contribution in [3.8, 4) is 0 Å². The quantitative estimate of drug-likeness (QED) is 0.638. The second-order valence-corrected chi connectivity index (χ2v) is 6.41. The fourth-order valence-electron chi connectivity index (χ4n) is 1.52. The molecular weight excluding hydrogens is 228 g/mol. The molecule has 0 aliphatic heterocycles. The molecule has 0 radical (unpaired) electrons. The molecule has 0 bridgehead atoms. The fraction of sp³-hybridized carbons (Fsp3) is 1.00. The van der Waals surface area contributed by atoms with Gasteiger partial charge >= 0.3 is 0 Å². The predicted octanol–water partition coefficient (Wildman–Crippen LogP) is 0.0681. The maximum Gasteiger partial charge on any atom is 0.214 e. The molecule has 1 atom stereocenters. The smallest absolute Gasteiger partial charge is 0.214 e. The number of nitrogens with two attached hydrogens (primary N) is 1. The van der Waals surface area contributed by atoms with Crippen LogP contribution in [0.1, 0.15) is 26.7 Å². The second kappa shape index (κ2) is 5.95. The standard InChI is InChI=1S/C10H22N2O3S/c1-8(2)15-5-6-16(13,14)12-10(7-11)9-3-4-9/h8-10,12H,3-7,11H2,1-2H3. The number of sulfonamides is 1. The van der Waals surface area contributed by atoms with E-state index in [1.54, 1.807) is 0 Å². The van der Waals surface area contributed by atoms with E-state index in [-0.39, 0.29) is 24.5 Å². The van der Waals surface area contributed by atoms with Gasteiger partial charge in [0.2, 0.25) is 10.0 Å². The zero-order valence-corrected chi connectivity index (χ0v) is 10.8. The normalized spacial score (nSPS) is 19.0. The molecule has 1 fully saturated rings. The summed E-state index contributed by atoms with van der Waals surface area (Å²) in [5, 5.41) is 0. The maximum absolute atomic E-state index is 11.7. The first-order chi connectivity index (χ1) is 7.44. The van der Waals surface area contributed by atoms with Crippen LogP contribution in [0.2, 0.25) is 0 Å². The van der Waals surface area contributed by atoms with Crippen LogP contribution in [0, 0.1) is 5.92 Å². The summed E-state index contributed by atoms with van der Waals surface area (Å²) in [5.41, 5.74) is 5.54. The van der Waals surface area contributed by atoms with Crippen LogP contribution >= 0.6 is 0 Å². The van der Waals surface area contributed by atoms with Crippen LogP contribution in [0.4, 0.5) is 0 Å². The highest BCUT2D eigenvalue weighted by molar-refractivity contribution is 7.89. The van der Waals surface area contributed by atoms with Gasteiger partial charge in [0.1, 0.15) is 0 Å².